The standard InChI is InChI=1S/C34H30FN3O6S2/c1-4-14-43-26-13-10-20(17-27(26)42-5-2)29-28(30(39)21-11-12-25-23(16-21)15-19(3)44-25)31(40)32(41)38(29)33-36-37-34(46-33)45-18-22-8-6-7-9-24(22)35/h4,6-13,16-17,19,29,39H,1,5,14-15,18H2,2-3H3. The van der Waals surface area contributed by atoms with Crippen molar-refractivity contribution in [1.29, 1.82) is 0 Å². The third-order valence-electron chi connectivity index (χ3n) is 7.46. The summed E-state index contributed by atoms with van der Waals surface area (Å²) in [5, 5.41) is 20.3. The largest absolute Gasteiger partial charge is 0.507 e. The Morgan fingerprint density at radius 1 is 1.15 bits per heavy atom. The zero-order chi connectivity index (χ0) is 32.4. The van der Waals surface area contributed by atoms with Gasteiger partial charge in [0.15, 0.2) is 15.8 Å². The molecule has 1 aromatic heterocycles. The van der Waals surface area contributed by atoms with Gasteiger partial charge in [-0.2, -0.15) is 0 Å². The summed E-state index contributed by atoms with van der Waals surface area (Å²) in [5.74, 6) is -0.516. The van der Waals surface area contributed by atoms with Gasteiger partial charge in [0.1, 0.15) is 30.0 Å². The van der Waals surface area contributed by atoms with Crippen molar-refractivity contribution in [3.05, 3.63) is 107 Å². The molecular formula is C34H30FN3O6S2. The molecule has 0 aliphatic carbocycles. The van der Waals surface area contributed by atoms with E-state index in [1.54, 1.807) is 60.7 Å². The van der Waals surface area contributed by atoms with Crippen LogP contribution in [0, 0.1) is 5.82 Å². The lowest BCUT2D eigenvalue weighted by atomic mass is 9.94. The maximum absolute atomic E-state index is 14.2. The molecule has 4 aromatic rings. The van der Waals surface area contributed by atoms with E-state index >= 15 is 0 Å². The van der Waals surface area contributed by atoms with Gasteiger partial charge >= 0.3 is 5.91 Å². The number of halogens is 1. The van der Waals surface area contributed by atoms with Crippen molar-refractivity contribution in [2.75, 3.05) is 18.1 Å². The number of aliphatic hydroxyl groups is 1. The zero-order valence-corrected chi connectivity index (χ0v) is 26.7. The number of thioether (sulfide) groups is 1. The van der Waals surface area contributed by atoms with E-state index in [0.717, 1.165) is 16.9 Å². The molecule has 2 unspecified atom stereocenters. The van der Waals surface area contributed by atoms with Gasteiger partial charge in [-0.3, -0.25) is 14.5 Å². The third-order valence-corrected chi connectivity index (χ3v) is 9.57. The van der Waals surface area contributed by atoms with Crippen molar-refractivity contribution in [2.45, 2.75) is 42.5 Å². The minimum atomic E-state index is -1.06. The lowest BCUT2D eigenvalue weighted by Crippen LogP contribution is -2.29. The maximum atomic E-state index is 14.2. The van der Waals surface area contributed by atoms with Gasteiger partial charge in [0.05, 0.1) is 18.2 Å². The summed E-state index contributed by atoms with van der Waals surface area (Å²) >= 11 is 2.36. The molecule has 9 nitrogen and oxygen atoms in total. The number of amides is 1. The second-order valence-corrected chi connectivity index (χ2v) is 12.8. The minimum absolute atomic E-state index is 0.0142. The van der Waals surface area contributed by atoms with Crippen molar-refractivity contribution in [1.82, 2.24) is 10.2 Å². The second kappa shape index (κ2) is 13.4. The number of aromatic nitrogens is 2. The van der Waals surface area contributed by atoms with E-state index in [4.69, 9.17) is 14.2 Å². The van der Waals surface area contributed by atoms with Crippen molar-refractivity contribution in [2.24, 2.45) is 0 Å². The number of carbonyl (C=O) groups excluding carboxylic acids is 2. The van der Waals surface area contributed by atoms with Gasteiger partial charge in [-0.05, 0) is 66.9 Å². The highest BCUT2D eigenvalue weighted by atomic mass is 32.2. The molecule has 236 valence electrons. The van der Waals surface area contributed by atoms with Gasteiger partial charge in [0, 0.05) is 17.7 Å². The number of hydrogen-bond donors (Lipinski definition) is 1. The molecule has 0 radical (unpaired) electrons. The Bertz CT molecular complexity index is 1860. The highest BCUT2D eigenvalue weighted by Crippen LogP contribution is 2.46. The highest BCUT2D eigenvalue weighted by molar-refractivity contribution is 8.00. The predicted octanol–water partition coefficient (Wildman–Crippen LogP) is 6.88. The Morgan fingerprint density at radius 3 is 2.76 bits per heavy atom. The van der Waals surface area contributed by atoms with Crippen LogP contribution in [0.2, 0.25) is 0 Å². The van der Waals surface area contributed by atoms with Crippen LogP contribution in [0.3, 0.4) is 0 Å². The van der Waals surface area contributed by atoms with E-state index in [2.05, 4.69) is 16.8 Å². The van der Waals surface area contributed by atoms with E-state index in [9.17, 15) is 19.1 Å². The summed E-state index contributed by atoms with van der Waals surface area (Å²) in [6, 6.07) is 15.7. The number of rotatable bonds is 11. The van der Waals surface area contributed by atoms with Gasteiger partial charge in [0.25, 0.3) is 5.78 Å². The quantitative estimate of drug-likeness (QED) is 0.0460. The first kappa shape index (κ1) is 31.3. The lowest BCUT2D eigenvalue weighted by molar-refractivity contribution is -0.132. The molecule has 3 aromatic carbocycles. The van der Waals surface area contributed by atoms with Gasteiger partial charge in [-0.1, -0.05) is 60.0 Å². The molecule has 2 aliphatic heterocycles. The SMILES string of the molecule is C=CCOc1ccc(C2C(=C(O)c3ccc4c(c3)CC(C)O4)C(=O)C(=O)N2c2nnc(SCc3ccccc3F)s2)cc1OCC. The van der Waals surface area contributed by atoms with Crippen LogP contribution in [0.4, 0.5) is 9.52 Å². The number of carbonyl (C=O) groups is 2. The van der Waals surface area contributed by atoms with Gasteiger partial charge in [-0.15, -0.1) is 10.2 Å². The number of hydrogen-bond acceptors (Lipinski definition) is 10. The molecule has 1 amide bonds. The maximum Gasteiger partial charge on any atom is 0.301 e. The average Bonchev–Trinajstić information content (AvgIpc) is 3.74. The molecule has 46 heavy (non-hydrogen) atoms. The second-order valence-electron chi connectivity index (χ2n) is 10.6. The van der Waals surface area contributed by atoms with Gasteiger partial charge in [0.2, 0.25) is 5.13 Å². The smallest absolute Gasteiger partial charge is 0.301 e. The number of Topliss-reactive ketones (excluding diaryl/α,β-unsaturated/α-hetero) is 1. The fourth-order valence-electron chi connectivity index (χ4n) is 5.41. The first-order valence-corrected chi connectivity index (χ1v) is 16.4. The molecule has 0 spiro atoms. The minimum Gasteiger partial charge on any atom is -0.507 e. The topological polar surface area (TPSA) is 111 Å². The van der Waals surface area contributed by atoms with Crippen molar-refractivity contribution in [3.63, 3.8) is 0 Å². The van der Waals surface area contributed by atoms with Gasteiger partial charge in [-0.25, -0.2) is 4.39 Å². The van der Waals surface area contributed by atoms with Crippen LogP contribution in [0.15, 0.2) is 83.2 Å². The molecular weight excluding hydrogens is 630 g/mol. The highest BCUT2D eigenvalue weighted by Gasteiger charge is 2.48. The number of fused-ring (bicyclic) bond motifs is 1. The molecule has 2 aliphatic rings. The van der Waals surface area contributed by atoms with Crippen molar-refractivity contribution in [3.8, 4) is 17.2 Å². The number of aliphatic hydroxyl groups excluding tert-OH is 1. The fraction of sp³-hybridized carbons (Fsp3) is 0.235. The Labute approximate surface area is 273 Å². The van der Waals surface area contributed by atoms with E-state index in [1.807, 2.05) is 13.8 Å². The number of nitrogens with zero attached hydrogens (tertiary/aromatic N) is 3. The molecule has 2 atom stereocenters. The first-order chi connectivity index (χ1) is 22.3. The average molecular weight is 660 g/mol. The summed E-state index contributed by atoms with van der Waals surface area (Å²) in [6.07, 6.45) is 2.24. The number of ketones is 1. The normalized spacial score (nSPS) is 18.4. The van der Waals surface area contributed by atoms with Crippen LogP contribution in [0.5, 0.6) is 17.2 Å². The number of anilines is 1. The Morgan fingerprint density at radius 2 is 1.98 bits per heavy atom. The zero-order valence-electron chi connectivity index (χ0n) is 25.1. The fourth-order valence-corrected chi connectivity index (χ4v) is 7.27. The first-order valence-electron chi connectivity index (χ1n) is 14.6. The lowest BCUT2D eigenvalue weighted by Gasteiger charge is -2.23. The predicted molar refractivity (Wildman–Crippen MR) is 174 cm³/mol. The Hall–Kier alpha value is -4.68. The van der Waals surface area contributed by atoms with Crippen molar-refractivity contribution >= 4 is 45.7 Å². The number of benzene rings is 3. The van der Waals surface area contributed by atoms with E-state index in [-0.39, 0.29) is 35.0 Å². The molecule has 1 N–H and O–H groups in total. The van der Waals surface area contributed by atoms with E-state index in [0.29, 0.717) is 57.1 Å². The van der Waals surface area contributed by atoms with E-state index < -0.39 is 17.7 Å². The van der Waals surface area contributed by atoms with Crippen LogP contribution in [-0.4, -0.2) is 46.3 Å². The monoisotopic (exact) mass is 659 g/mol. The van der Waals surface area contributed by atoms with Crippen LogP contribution < -0.4 is 19.1 Å². The molecule has 3 heterocycles. The summed E-state index contributed by atoms with van der Waals surface area (Å²) in [5.41, 5.74) is 2.17. The summed E-state index contributed by atoms with van der Waals surface area (Å²) in [6.45, 7) is 8.06. The Kier molecular flexibility index (Phi) is 9.09. The third kappa shape index (κ3) is 6.10. The van der Waals surface area contributed by atoms with Gasteiger partial charge < -0.3 is 19.3 Å². The van der Waals surface area contributed by atoms with Crippen LogP contribution in [0.1, 0.15) is 42.1 Å². The summed E-state index contributed by atoms with van der Waals surface area (Å²) in [7, 11) is 0. The summed E-state index contributed by atoms with van der Waals surface area (Å²) < 4.78 is 32.1. The Balaban J connectivity index is 1.43. The summed E-state index contributed by atoms with van der Waals surface area (Å²) in [4.78, 5) is 28.7. The molecule has 6 rings (SSSR count). The molecule has 1 fully saturated rings. The van der Waals surface area contributed by atoms with E-state index in [1.165, 1.54) is 22.7 Å². The molecule has 0 saturated carbocycles. The number of ether oxygens (including phenoxy) is 3. The molecule has 1 saturated heterocycles. The molecule has 12 heteroatoms. The van der Waals surface area contributed by atoms with Crippen molar-refractivity contribution < 1.29 is 33.3 Å². The van der Waals surface area contributed by atoms with Crippen LogP contribution in [-0.2, 0) is 21.8 Å². The molecule has 0 bridgehead atoms. The van der Waals surface area contributed by atoms with Crippen LogP contribution in [0.25, 0.3) is 5.76 Å². The van der Waals surface area contributed by atoms with Crippen LogP contribution >= 0.6 is 23.1 Å².